The number of aliphatic hydroxyl groups excluding tert-OH is 2. The van der Waals surface area contributed by atoms with Crippen molar-refractivity contribution in [3.05, 3.63) is 0 Å². The molecule has 1 aliphatic rings. The maximum Gasteiger partial charge on any atom is 0.469 e. The molecular weight excluding hydrogens is 275 g/mol. The molecule has 0 spiro atoms. The number of aliphatic carboxylic acids is 1. The van der Waals surface area contributed by atoms with Gasteiger partial charge in [0.15, 0.2) is 0 Å². The van der Waals surface area contributed by atoms with E-state index in [9.17, 15) is 24.7 Å². The highest BCUT2D eigenvalue weighted by Gasteiger charge is 2.50. The Balaban J connectivity index is 2.76. The lowest BCUT2D eigenvalue weighted by Crippen LogP contribution is -2.59. The molecule has 1 aliphatic heterocycles. The molecular formula is C7H13O10P. The number of phosphoric ester groups is 1. The number of aliphatic hydroxyl groups is 3. The second-order valence-electron chi connectivity index (χ2n) is 3.79. The molecule has 0 bridgehead atoms. The van der Waals surface area contributed by atoms with Gasteiger partial charge in [0.05, 0.1) is 12.7 Å². The highest BCUT2D eigenvalue weighted by Crippen LogP contribution is 2.37. The van der Waals surface area contributed by atoms with Crippen LogP contribution in [0.3, 0.4) is 0 Å². The van der Waals surface area contributed by atoms with E-state index in [0.717, 1.165) is 0 Å². The van der Waals surface area contributed by atoms with Crippen LogP contribution < -0.4 is 0 Å². The Hall–Kier alpha value is -0.580. The second-order valence-corrected chi connectivity index (χ2v) is 5.03. The minimum Gasteiger partial charge on any atom is -0.477 e. The molecule has 11 heteroatoms. The first-order valence-corrected chi connectivity index (χ1v) is 6.28. The number of hydrogen-bond donors (Lipinski definition) is 6. The van der Waals surface area contributed by atoms with Crippen molar-refractivity contribution in [2.24, 2.45) is 0 Å². The molecule has 1 saturated heterocycles. The average Bonchev–Trinajstić information content (AvgIpc) is 2.20. The lowest BCUT2D eigenvalue weighted by atomic mass is 9.96. The van der Waals surface area contributed by atoms with Gasteiger partial charge in [-0.1, -0.05) is 0 Å². The molecule has 0 aromatic rings. The van der Waals surface area contributed by atoms with E-state index >= 15 is 0 Å². The molecule has 1 rings (SSSR count). The molecule has 0 saturated carbocycles. The topological polar surface area (TPSA) is 174 Å². The highest BCUT2D eigenvalue weighted by atomic mass is 31.2. The molecule has 10 nitrogen and oxygen atoms in total. The van der Waals surface area contributed by atoms with Gasteiger partial charge in [-0.3, -0.25) is 4.52 Å². The molecule has 4 atom stereocenters. The summed E-state index contributed by atoms with van der Waals surface area (Å²) < 4.78 is 19.1. The van der Waals surface area contributed by atoms with Crippen molar-refractivity contribution in [1.82, 2.24) is 0 Å². The largest absolute Gasteiger partial charge is 0.477 e. The molecule has 106 valence electrons. The third-order valence-corrected chi connectivity index (χ3v) is 2.83. The fourth-order valence-electron chi connectivity index (χ4n) is 1.46. The van der Waals surface area contributed by atoms with Crippen LogP contribution in [0.5, 0.6) is 0 Å². The van der Waals surface area contributed by atoms with Gasteiger partial charge in [-0.05, 0) is 0 Å². The molecule has 18 heavy (non-hydrogen) atoms. The van der Waals surface area contributed by atoms with Gasteiger partial charge >= 0.3 is 13.8 Å². The Morgan fingerprint density at radius 3 is 2.44 bits per heavy atom. The summed E-state index contributed by atoms with van der Waals surface area (Å²) in [5, 5.41) is 37.0. The zero-order chi connectivity index (χ0) is 14.1. The van der Waals surface area contributed by atoms with Crippen molar-refractivity contribution in [2.45, 2.75) is 30.5 Å². The molecule has 0 amide bonds. The van der Waals surface area contributed by atoms with Gasteiger partial charge in [0.1, 0.15) is 12.2 Å². The summed E-state index contributed by atoms with van der Waals surface area (Å²) >= 11 is 0. The molecule has 0 aromatic heterocycles. The SMILES string of the molecule is O=C(O)C1(O)CC(O)C(O)C(COP(=O)(O)O)O1. The standard InChI is InChI=1S/C7H13O10P/c8-3-1-7(12,6(10)11)17-4(5(3)9)2-16-18(13,14)15/h3-5,8-9,12H,1-2H2,(H,10,11)(H2,13,14,15). The van der Waals surface area contributed by atoms with Gasteiger partial charge in [-0.25, -0.2) is 9.36 Å². The van der Waals surface area contributed by atoms with Crippen LogP contribution >= 0.6 is 7.82 Å². The zero-order valence-corrected chi connectivity index (χ0v) is 9.80. The van der Waals surface area contributed by atoms with Crippen molar-refractivity contribution < 1.29 is 48.8 Å². The van der Waals surface area contributed by atoms with Crippen molar-refractivity contribution in [3.63, 3.8) is 0 Å². The Kier molecular flexibility index (Phi) is 4.47. The quantitative estimate of drug-likeness (QED) is 0.300. The van der Waals surface area contributed by atoms with Crippen LogP contribution in [0, 0.1) is 0 Å². The number of ether oxygens (including phenoxy) is 1. The maximum absolute atomic E-state index is 10.7. The Labute approximate surface area is 101 Å². The first kappa shape index (κ1) is 15.5. The van der Waals surface area contributed by atoms with Crippen molar-refractivity contribution in [2.75, 3.05) is 6.61 Å². The van der Waals surface area contributed by atoms with E-state index in [4.69, 9.17) is 14.9 Å². The van der Waals surface area contributed by atoms with E-state index in [-0.39, 0.29) is 0 Å². The lowest BCUT2D eigenvalue weighted by molar-refractivity contribution is -0.297. The number of phosphoric acid groups is 1. The minimum absolute atomic E-state index is 0.782. The zero-order valence-electron chi connectivity index (χ0n) is 8.91. The molecule has 0 radical (unpaired) electrons. The third kappa shape index (κ3) is 3.70. The Bertz CT molecular complexity index is 365. The smallest absolute Gasteiger partial charge is 0.469 e. The van der Waals surface area contributed by atoms with Crippen LogP contribution in [0.15, 0.2) is 0 Å². The van der Waals surface area contributed by atoms with E-state index in [1.807, 2.05) is 0 Å². The van der Waals surface area contributed by atoms with Gasteiger partial charge in [-0.2, -0.15) is 0 Å². The van der Waals surface area contributed by atoms with Gasteiger partial charge in [-0.15, -0.1) is 0 Å². The van der Waals surface area contributed by atoms with Crippen LogP contribution in [0.4, 0.5) is 0 Å². The number of hydrogen-bond acceptors (Lipinski definition) is 7. The number of rotatable bonds is 4. The van der Waals surface area contributed by atoms with E-state index in [2.05, 4.69) is 9.26 Å². The summed E-state index contributed by atoms with van der Waals surface area (Å²) in [4.78, 5) is 27.6. The minimum atomic E-state index is -4.85. The first-order chi connectivity index (χ1) is 8.05. The Morgan fingerprint density at radius 2 is 2.00 bits per heavy atom. The number of carboxylic acid groups (broad SMARTS) is 1. The molecule has 4 unspecified atom stereocenters. The normalized spacial score (nSPS) is 37.5. The fourth-order valence-corrected chi connectivity index (χ4v) is 1.80. The van der Waals surface area contributed by atoms with Gasteiger partial charge in [0.25, 0.3) is 5.79 Å². The Morgan fingerprint density at radius 1 is 1.44 bits per heavy atom. The van der Waals surface area contributed by atoms with E-state index < -0.39 is 50.9 Å². The summed E-state index contributed by atoms with van der Waals surface area (Å²) in [5.74, 6) is -4.55. The van der Waals surface area contributed by atoms with Crippen LogP contribution in [0.25, 0.3) is 0 Å². The van der Waals surface area contributed by atoms with Gasteiger partial charge in [0.2, 0.25) is 0 Å². The predicted octanol–water partition coefficient (Wildman–Crippen LogP) is -2.62. The summed E-state index contributed by atoms with van der Waals surface area (Å²) in [5.41, 5.74) is 0. The fraction of sp³-hybridized carbons (Fsp3) is 0.857. The molecule has 1 heterocycles. The maximum atomic E-state index is 10.7. The van der Waals surface area contributed by atoms with Gasteiger partial charge in [0, 0.05) is 6.42 Å². The van der Waals surface area contributed by atoms with Gasteiger partial charge < -0.3 is 34.9 Å². The summed E-state index contributed by atoms with van der Waals surface area (Å²) in [6, 6.07) is 0. The summed E-state index contributed by atoms with van der Waals surface area (Å²) in [6.45, 7) is -0.891. The van der Waals surface area contributed by atoms with E-state index in [1.165, 1.54) is 0 Å². The first-order valence-electron chi connectivity index (χ1n) is 4.75. The van der Waals surface area contributed by atoms with Crippen molar-refractivity contribution >= 4 is 13.8 Å². The van der Waals surface area contributed by atoms with E-state index in [1.54, 1.807) is 0 Å². The molecule has 6 N–H and O–H groups in total. The second kappa shape index (κ2) is 5.19. The van der Waals surface area contributed by atoms with E-state index in [0.29, 0.717) is 0 Å². The van der Waals surface area contributed by atoms with Crippen LogP contribution in [0.1, 0.15) is 6.42 Å². The van der Waals surface area contributed by atoms with Crippen molar-refractivity contribution in [3.8, 4) is 0 Å². The lowest BCUT2D eigenvalue weighted by Gasteiger charge is -2.39. The highest BCUT2D eigenvalue weighted by molar-refractivity contribution is 7.46. The average molecular weight is 288 g/mol. The number of carboxylic acids is 1. The summed E-state index contributed by atoms with van der Waals surface area (Å²) in [6.07, 6.45) is -5.65. The molecule has 0 aliphatic carbocycles. The van der Waals surface area contributed by atoms with Crippen molar-refractivity contribution in [1.29, 1.82) is 0 Å². The third-order valence-electron chi connectivity index (χ3n) is 2.35. The molecule has 1 fully saturated rings. The monoisotopic (exact) mass is 288 g/mol. The predicted molar refractivity (Wildman–Crippen MR) is 52.1 cm³/mol. The number of carbonyl (C=O) groups is 1. The van der Waals surface area contributed by atoms with Crippen LogP contribution in [-0.4, -0.2) is 66.9 Å². The summed E-state index contributed by atoms with van der Waals surface area (Å²) in [7, 11) is -4.85. The molecule has 0 aromatic carbocycles. The van der Waals surface area contributed by atoms with Crippen LogP contribution in [-0.2, 0) is 18.6 Å². The van der Waals surface area contributed by atoms with Crippen LogP contribution in [0.2, 0.25) is 0 Å².